The number of halogens is 5. The SMILES string of the molecule is Cc1c(C)c(N2C(=O)c3ccc(C(C)(c4ccc5c(c4)C(=O)N(C)C5=O)C(F)(F)F)cc3C2=O)c(C)c(C(C)(F)F)c1C. The Labute approximate surface area is 244 Å². The average molecular weight is 599 g/mol. The molecular formula is C32H27F5N2O4. The van der Waals surface area contributed by atoms with E-state index in [9.17, 15) is 41.1 Å². The monoisotopic (exact) mass is 598 g/mol. The van der Waals surface area contributed by atoms with E-state index in [-0.39, 0.29) is 50.2 Å². The zero-order valence-corrected chi connectivity index (χ0v) is 24.4. The van der Waals surface area contributed by atoms with Crippen molar-refractivity contribution in [2.75, 3.05) is 11.9 Å². The van der Waals surface area contributed by atoms with Gasteiger partial charge in [-0.1, -0.05) is 12.1 Å². The molecule has 0 saturated heterocycles. The summed E-state index contributed by atoms with van der Waals surface area (Å²) in [5.41, 5.74) is -3.34. The maximum absolute atomic E-state index is 14.9. The van der Waals surface area contributed by atoms with Crippen molar-refractivity contribution in [1.29, 1.82) is 0 Å². The number of carbonyl (C=O) groups is 4. The number of carbonyl (C=O) groups excluding carboxylic acids is 4. The Kier molecular flexibility index (Phi) is 6.50. The summed E-state index contributed by atoms with van der Waals surface area (Å²) in [5, 5.41) is 0. The molecule has 2 aliphatic heterocycles. The van der Waals surface area contributed by atoms with Crippen LogP contribution in [0.2, 0.25) is 0 Å². The molecule has 2 heterocycles. The fourth-order valence-electron chi connectivity index (χ4n) is 6.24. The van der Waals surface area contributed by atoms with Crippen molar-refractivity contribution < 1.29 is 41.1 Å². The number of alkyl halides is 5. The molecule has 224 valence electrons. The Morgan fingerprint density at radius 2 is 1.02 bits per heavy atom. The first-order chi connectivity index (χ1) is 19.7. The lowest BCUT2D eigenvalue weighted by Gasteiger charge is -2.33. The highest BCUT2D eigenvalue weighted by Crippen LogP contribution is 2.49. The molecule has 4 amide bonds. The molecule has 0 radical (unpaired) electrons. The number of anilines is 1. The summed E-state index contributed by atoms with van der Waals surface area (Å²) in [6, 6.07) is 6.47. The van der Waals surface area contributed by atoms with Crippen molar-refractivity contribution in [2.45, 2.75) is 59.1 Å². The number of amides is 4. The second-order valence-corrected chi connectivity index (χ2v) is 11.4. The third-order valence-corrected chi connectivity index (χ3v) is 8.95. The van der Waals surface area contributed by atoms with Crippen LogP contribution in [-0.2, 0) is 11.3 Å². The topological polar surface area (TPSA) is 74.8 Å². The molecule has 0 aromatic heterocycles. The fraction of sp³-hybridized carbons (Fsp3) is 0.312. The molecule has 0 N–H and O–H groups in total. The smallest absolute Gasteiger partial charge is 0.277 e. The van der Waals surface area contributed by atoms with Gasteiger partial charge < -0.3 is 0 Å². The van der Waals surface area contributed by atoms with Gasteiger partial charge in [0.05, 0.1) is 27.9 Å². The third-order valence-electron chi connectivity index (χ3n) is 8.95. The molecule has 0 bridgehead atoms. The molecular weight excluding hydrogens is 571 g/mol. The Hall–Kier alpha value is -4.41. The summed E-state index contributed by atoms with van der Waals surface area (Å²) < 4.78 is 74.0. The normalized spacial score (nSPS) is 16.7. The largest absolute Gasteiger partial charge is 0.402 e. The van der Waals surface area contributed by atoms with E-state index in [1.54, 1.807) is 13.8 Å². The van der Waals surface area contributed by atoms with Crippen LogP contribution in [0.15, 0.2) is 36.4 Å². The van der Waals surface area contributed by atoms with Crippen LogP contribution in [-0.4, -0.2) is 41.8 Å². The highest BCUT2D eigenvalue weighted by molar-refractivity contribution is 6.35. The van der Waals surface area contributed by atoms with Gasteiger partial charge in [0.15, 0.2) is 0 Å². The van der Waals surface area contributed by atoms with Crippen LogP contribution in [0.1, 0.15) is 94.2 Å². The highest BCUT2D eigenvalue weighted by Gasteiger charge is 2.55. The molecule has 1 atom stereocenters. The van der Waals surface area contributed by atoms with Crippen molar-refractivity contribution in [2.24, 2.45) is 0 Å². The fourth-order valence-corrected chi connectivity index (χ4v) is 6.24. The minimum atomic E-state index is -4.94. The van der Waals surface area contributed by atoms with E-state index in [0.717, 1.165) is 53.1 Å². The average Bonchev–Trinajstić information content (AvgIpc) is 3.29. The number of hydrogen-bond donors (Lipinski definition) is 0. The molecule has 0 spiro atoms. The lowest BCUT2D eigenvalue weighted by molar-refractivity contribution is -0.173. The van der Waals surface area contributed by atoms with E-state index >= 15 is 0 Å². The molecule has 3 aromatic carbocycles. The van der Waals surface area contributed by atoms with Crippen molar-refractivity contribution >= 4 is 29.3 Å². The standard InChI is InChI=1S/C32H27F5N2O4/c1-14-15(2)24(31(6,33)34)17(4)25(16(14)3)39-28(42)21-11-9-19(13-23(21)29(39)43)30(5,32(35,36)37)18-8-10-20-22(12-18)27(41)38(7)26(20)40/h8-13H,1-7H3. The van der Waals surface area contributed by atoms with E-state index in [0.29, 0.717) is 23.6 Å². The number of rotatable bonds is 4. The lowest BCUT2D eigenvalue weighted by atomic mass is 9.74. The number of hydrogen-bond acceptors (Lipinski definition) is 4. The molecule has 6 nitrogen and oxygen atoms in total. The number of imide groups is 2. The van der Waals surface area contributed by atoms with Gasteiger partial charge in [0.1, 0.15) is 5.41 Å². The van der Waals surface area contributed by atoms with Gasteiger partial charge in [-0.25, -0.2) is 13.7 Å². The van der Waals surface area contributed by atoms with Crippen LogP contribution in [0.4, 0.5) is 27.6 Å². The first-order valence-electron chi connectivity index (χ1n) is 13.3. The quantitative estimate of drug-likeness (QED) is 0.241. The Bertz CT molecular complexity index is 1800. The molecule has 5 rings (SSSR count). The first-order valence-corrected chi connectivity index (χ1v) is 13.3. The maximum Gasteiger partial charge on any atom is 0.402 e. The summed E-state index contributed by atoms with van der Waals surface area (Å²) >= 11 is 0. The predicted molar refractivity (Wildman–Crippen MR) is 148 cm³/mol. The lowest BCUT2D eigenvalue weighted by Crippen LogP contribution is -2.41. The van der Waals surface area contributed by atoms with Crippen LogP contribution in [0.25, 0.3) is 0 Å². The van der Waals surface area contributed by atoms with Crippen molar-refractivity contribution in [1.82, 2.24) is 4.90 Å². The van der Waals surface area contributed by atoms with Crippen molar-refractivity contribution in [3.8, 4) is 0 Å². The van der Waals surface area contributed by atoms with Crippen LogP contribution < -0.4 is 4.90 Å². The summed E-state index contributed by atoms with van der Waals surface area (Å²) in [7, 11) is 1.23. The summed E-state index contributed by atoms with van der Waals surface area (Å²) in [6.07, 6.45) is -4.94. The summed E-state index contributed by atoms with van der Waals surface area (Å²) in [6.45, 7) is 7.70. The van der Waals surface area contributed by atoms with Gasteiger partial charge in [-0.05, 0) is 92.3 Å². The highest BCUT2D eigenvalue weighted by atomic mass is 19.4. The van der Waals surface area contributed by atoms with Crippen LogP contribution in [0, 0.1) is 27.7 Å². The molecule has 2 aliphatic rings. The summed E-state index contributed by atoms with van der Waals surface area (Å²) in [5.74, 6) is -6.46. The Morgan fingerprint density at radius 3 is 1.51 bits per heavy atom. The van der Waals surface area contributed by atoms with Crippen molar-refractivity contribution in [3.63, 3.8) is 0 Å². The van der Waals surface area contributed by atoms with Gasteiger partial charge in [-0.2, -0.15) is 13.2 Å². The minimum absolute atomic E-state index is 0.0188. The third kappa shape index (κ3) is 4.04. The first kappa shape index (κ1) is 30.1. The molecule has 11 heteroatoms. The predicted octanol–water partition coefficient (Wildman–Crippen LogP) is 6.93. The van der Waals surface area contributed by atoms with Gasteiger partial charge >= 0.3 is 6.18 Å². The van der Waals surface area contributed by atoms with Gasteiger partial charge in [0.2, 0.25) is 0 Å². The van der Waals surface area contributed by atoms with E-state index < -0.39 is 41.1 Å². The molecule has 0 aliphatic carbocycles. The van der Waals surface area contributed by atoms with Gasteiger partial charge in [0.25, 0.3) is 29.6 Å². The molecule has 0 fully saturated rings. The zero-order chi connectivity index (χ0) is 32.1. The molecule has 0 saturated carbocycles. The molecule has 3 aromatic rings. The Balaban J connectivity index is 1.67. The van der Waals surface area contributed by atoms with Gasteiger partial charge in [-0.3, -0.25) is 24.1 Å². The second-order valence-electron chi connectivity index (χ2n) is 11.4. The van der Waals surface area contributed by atoms with Gasteiger partial charge in [-0.15, -0.1) is 0 Å². The van der Waals surface area contributed by atoms with Crippen LogP contribution in [0.5, 0.6) is 0 Å². The van der Waals surface area contributed by atoms with Crippen LogP contribution in [0.3, 0.4) is 0 Å². The molecule has 43 heavy (non-hydrogen) atoms. The Morgan fingerprint density at radius 1 is 0.581 bits per heavy atom. The van der Waals surface area contributed by atoms with Gasteiger partial charge in [0, 0.05) is 19.5 Å². The van der Waals surface area contributed by atoms with E-state index in [2.05, 4.69) is 0 Å². The second kappa shape index (κ2) is 9.29. The van der Waals surface area contributed by atoms with Crippen LogP contribution >= 0.6 is 0 Å². The zero-order valence-electron chi connectivity index (χ0n) is 24.4. The maximum atomic E-state index is 14.9. The van der Waals surface area contributed by atoms with E-state index in [1.807, 2.05) is 0 Å². The van der Waals surface area contributed by atoms with E-state index in [4.69, 9.17) is 0 Å². The minimum Gasteiger partial charge on any atom is -0.277 e. The number of benzene rings is 3. The number of nitrogens with zero attached hydrogens (tertiary/aromatic N) is 2. The summed E-state index contributed by atoms with van der Waals surface area (Å²) in [4.78, 5) is 53.7. The van der Waals surface area contributed by atoms with E-state index in [1.165, 1.54) is 20.9 Å². The van der Waals surface area contributed by atoms with Crippen molar-refractivity contribution in [3.05, 3.63) is 97.6 Å². The molecule has 1 unspecified atom stereocenters. The number of fused-ring (bicyclic) bond motifs is 2.